The lowest BCUT2D eigenvalue weighted by Gasteiger charge is -2.30. The number of rotatable bonds is 5. The molecular formula is C21H22N2O5. The average Bonchev–Trinajstić information content (AvgIpc) is 3.23. The highest BCUT2D eigenvalue weighted by molar-refractivity contribution is 5.87. The summed E-state index contributed by atoms with van der Waals surface area (Å²) in [6, 6.07) is 9.40. The Balaban J connectivity index is 1.60. The van der Waals surface area contributed by atoms with Gasteiger partial charge in [0.2, 0.25) is 12.7 Å². The smallest absolute Gasteiger partial charge is 0.307 e. The van der Waals surface area contributed by atoms with Crippen LogP contribution in [0, 0.1) is 5.92 Å². The molecule has 1 atom stereocenters. The summed E-state index contributed by atoms with van der Waals surface area (Å²) < 4.78 is 16.2. The number of nitrogens with zero attached hydrogens (tertiary/aromatic N) is 2. The third kappa shape index (κ3) is 3.65. The Morgan fingerprint density at radius 3 is 2.68 bits per heavy atom. The summed E-state index contributed by atoms with van der Waals surface area (Å²) in [6.45, 7) is 4.53. The lowest BCUT2D eigenvalue weighted by Crippen LogP contribution is -2.42. The zero-order valence-corrected chi connectivity index (χ0v) is 15.9. The molecule has 1 unspecified atom stereocenters. The Morgan fingerprint density at radius 2 is 1.96 bits per heavy atom. The molecule has 146 valence electrons. The van der Waals surface area contributed by atoms with Crippen LogP contribution in [0.3, 0.4) is 0 Å². The van der Waals surface area contributed by atoms with Crippen molar-refractivity contribution in [3.8, 4) is 11.5 Å². The normalized spacial score (nSPS) is 19.4. The Bertz CT molecular complexity index is 897. The highest BCUT2D eigenvalue weighted by Crippen LogP contribution is 2.36. The van der Waals surface area contributed by atoms with Crippen molar-refractivity contribution in [3.05, 3.63) is 53.9 Å². The Morgan fingerprint density at radius 1 is 1.18 bits per heavy atom. The number of hydrogen-bond donors (Lipinski definition) is 0. The number of aromatic nitrogens is 1. The van der Waals surface area contributed by atoms with Crippen LogP contribution in [0.1, 0.15) is 31.4 Å². The van der Waals surface area contributed by atoms with Crippen molar-refractivity contribution in [3.63, 3.8) is 0 Å². The number of cyclic esters (lactones) is 1. The second-order valence-corrected chi connectivity index (χ2v) is 7.58. The maximum Gasteiger partial charge on any atom is 0.307 e. The van der Waals surface area contributed by atoms with Crippen LogP contribution < -0.4 is 9.47 Å². The molecule has 0 N–H and O–H groups in total. The number of fused-ring (bicyclic) bond motifs is 1. The Kier molecular flexibility index (Phi) is 4.66. The molecule has 7 heteroatoms. The molecule has 0 radical (unpaired) electrons. The summed E-state index contributed by atoms with van der Waals surface area (Å²) in [4.78, 5) is 31.0. The van der Waals surface area contributed by atoms with Gasteiger partial charge >= 0.3 is 5.97 Å². The fraction of sp³-hybridized carbons (Fsp3) is 0.381. The van der Waals surface area contributed by atoms with Crippen molar-refractivity contribution >= 4 is 11.9 Å². The maximum absolute atomic E-state index is 13.4. The topological polar surface area (TPSA) is 78.0 Å². The van der Waals surface area contributed by atoms with Gasteiger partial charge in [0.25, 0.3) is 0 Å². The third-order valence-corrected chi connectivity index (χ3v) is 5.10. The van der Waals surface area contributed by atoms with E-state index in [1.165, 1.54) is 0 Å². The molecule has 0 bridgehead atoms. The number of pyridine rings is 1. The van der Waals surface area contributed by atoms with Gasteiger partial charge in [-0.1, -0.05) is 12.1 Å². The fourth-order valence-electron chi connectivity index (χ4n) is 3.61. The van der Waals surface area contributed by atoms with Gasteiger partial charge in [-0.3, -0.25) is 14.6 Å². The van der Waals surface area contributed by atoms with Gasteiger partial charge in [0, 0.05) is 25.5 Å². The monoisotopic (exact) mass is 382 g/mol. The second-order valence-electron chi connectivity index (χ2n) is 7.58. The summed E-state index contributed by atoms with van der Waals surface area (Å²) in [6.07, 6.45) is 3.53. The fourth-order valence-corrected chi connectivity index (χ4v) is 3.61. The quantitative estimate of drug-likeness (QED) is 0.740. The van der Waals surface area contributed by atoms with Crippen molar-refractivity contribution in [2.45, 2.75) is 39.0 Å². The van der Waals surface area contributed by atoms with Crippen LogP contribution in [0.25, 0.3) is 0 Å². The van der Waals surface area contributed by atoms with Crippen molar-refractivity contribution in [1.29, 1.82) is 0 Å². The van der Waals surface area contributed by atoms with E-state index >= 15 is 0 Å². The van der Waals surface area contributed by atoms with Crippen LogP contribution in [-0.2, 0) is 27.4 Å². The summed E-state index contributed by atoms with van der Waals surface area (Å²) in [5.41, 5.74) is 1.01. The zero-order valence-electron chi connectivity index (χ0n) is 15.9. The van der Waals surface area contributed by atoms with Gasteiger partial charge in [-0.15, -0.1) is 0 Å². The molecule has 1 amide bonds. The largest absolute Gasteiger partial charge is 0.459 e. The van der Waals surface area contributed by atoms with E-state index in [4.69, 9.17) is 14.2 Å². The zero-order chi connectivity index (χ0) is 19.7. The molecule has 7 nitrogen and oxygen atoms in total. The van der Waals surface area contributed by atoms with Gasteiger partial charge < -0.3 is 19.1 Å². The van der Waals surface area contributed by atoms with Crippen molar-refractivity contribution < 1.29 is 23.8 Å². The molecule has 1 aromatic heterocycles. The highest BCUT2D eigenvalue weighted by Gasteiger charge is 2.47. The first-order valence-electron chi connectivity index (χ1n) is 9.20. The molecule has 3 heterocycles. The maximum atomic E-state index is 13.4. The number of benzene rings is 1. The second kappa shape index (κ2) is 7.14. The molecular weight excluding hydrogens is 360 g/mol. The number of esters is 1. The van der Waals surface area contributed by atoms with Gasteiger partial charge in [0.15, 0.2) is 11.5 Å². The molecule has 28 heavy (non-hydrogen) atoms. The van der Waals surface area contributed by atoms with Crippen molar-refractivity contribution in [2.75, 3.05) is 6.79 Å². The molecule has 2 aliphatic rings. The van der Waals surface area contributed by atoms with Crippen molar-refractivity contribution in [1.82, 2.24) is 9.88 Å². The number of amides is 1. The van der Waals surface area contributed by atoms with E-state index in [-0.39, 0.29) is 25.1 Å². The van der Waals surface area contributed by atoms with Gasteiger partial charge in [0.05, 0.1) is 12.3 Å². The molecule has 1 fully saturated rings. The minimum Gasteiger partial charge on any atom is -0.459 e. The first kappa shape index (κ1) is 18.3. The van der Waals surface area contributed by atoms with E-state index in [9.17, 15) is 9.59 Å². The minimum atomic E-state index is -0.823. The molecule has 4 rings (SSSR count). The SMILES string of the molecule is CC1(C)OC(=O)CC1C(=O)N(Cc1cccnc1)Cc1ccc2c(c1)OCO2. The van der Waals surface area contributed by atoms with Crippen LogP contribution in [-0.4, -0.2) is 34.2 Å². The molecule has 2 aliphatic heterocycles. The molecule has 1 aromatic carbocycles. The van der Waals surface area contributed by atoms with Crippen LogP contribution in [0.2, 0.25) is 0 Å². The Hall–Kier alpha value is -3.09. The van der Waals surface area contributed by atoms with Gasteiger partial charge in [-0.05, 0) is 43.2 Å². The van der Waals surface area contributed by atoms with Crippen molar-refractivity contribution in [2.24, 2.45) is 5.92 Å². The number of carbonyl (C=O) groups is 2. The van der Waals surface area contributed by atoms with Crippen LogP contribution in [0.4, 0.5) is 0 Å². The van der Waals surface area contributed by atoms with Crippen LogP contribution in [0.5, 0.6) is 11.5 Å². The molecule has 0 saturated carbocycles. The predicted molar refractivity (Wildman–Crippen MR) is 99.3 cm³/mol. The van der Waals surface area contributed by atoms with E-state index in [0.717, 1.165) is 11.1 Å². The van der Waals surface area contributed by atoms with E-state index in [0.29, 0.717) is 24.6 Å². The lowest BCUT2D eigenvalue weighted by molar-refractivity contribution is -0.149. The lowest BCUT2D eigenvalue weighted by atomic mass is 9.89. The standard InChI is InChI=1S/C21H22N2O5/c1-21(2)16(9-19(24)28-21)20(25)23(12-15-4-3-7-22-10-15)11-14-5-6-17-18(8-14)27-13-26-17/h3-8,10,16H,9,11-13H2,1-2H3. The average molecular weight is 382 g/mol. The minimum absolute atomic E-state index is 0.0938. The molecule has 2 aromatic rings. The first-order chi connectivity index (χ1) is 13.4. The summed E-state index contributed by atoms with van der Waals surface area (Å²) in [5.74, 6) is 0.395. The van der Waals surface area contributed by atoms with Gasteiger partial charge in [-0.25, -0.2) is 0 Å². The van der Waals surface area contributed by atoms with E-state index in [1.54, 1.807) is 31.1 Å². The first-order valence-corrected chi connectivity index (χ1v) is 9.20. The summed E-state index contributed by atoms with van der Waals surface area (Å²) >= 11 is 0. The summed E-state index contributed by atoms with van der Waals surface area (Å²) in [7, 11) is 0. The molecule has 0 spiro atoms. The van der Waals surface area contributed by atoms with Crippen LogP contribution >= 0.6 is 0 Å². The molecule has 0 aliphatic carbocycles. The number of ether oxygens (including phenoxy) is 3. The van der Waals surface area contributed by atoms with E-state index < -0.39 is 11.5 Å². The Labute approximate surface area is 163 Å². The van der Waals surface area contributed by atoms with Gasteiger partial charge in [-0.2, -0.15) is 0 Å². The van der Waals surface area contributed by atoms with E-state index in [1.807, 2.05) is 30.3 Å². The summed E-state index contributed by atoms with van der Waals surface area (Å²) in [5, 5.41) is 0. The van der Waals surface area contributed by atoms with E-state index in [2.05, 4.69) is 4.98 Å². The third-order valence-electron chi connectivity index (χ3n) is 5.10. The molecule has 1 saturated heterocycles. The van der Waals surface area contributed by atoms with Gasteiger partial charge in [0.1, 0.15) is 5.60 Å². The predicted octanol–water partition coefficient (Wildman–Crippen LogP) is 2.68. The highest BCUT2D eigenvalue weighted by atomic mass is 16.7. The number of carbonyl (C=O) groups excluding carboxylic acids is 2. The number of hydrogen-bond acceptors (Lipinski definition) is 6. The van der Waals surface area contributed by atoms with Crippen LogP contribution in [0.15, 0.2) is 42.7 Å².